The monoisotopic (exact) mass is 351 g/mol. The number of rotatable bonds is 9. The quantitative estimate of drug-likeness (QED) is 0.732. The maximum Gasteiger partial charge on any atom is 0.225 e. The second kappa shape index (κ2) is 8.53. The van der Waals surface area contributed by atoms with Crippen molar-refractivity contribution in [3.8, 4) is 0 Å². The lowest BCUT2D eigenvalue weighted by atomic mass is 10.3. The number of unbranched alkanes of at least 4 members (excludes halogenated alkanes) is 1. The van der Waals surface area contributed by atoms with Crippen LogP contribution in [0.5, 0.6) is 0 Å². The number of hydrogen-bond acceptors (Lipinski definition) is 6. The van der Waals surface area contributed by atoms with E-state index in [1.54, 1.807) is 24.3 Å². The second-order valence-electron chi connectivity index (χ2n) is 5.43. The molecule has 2 rings (SSSR count). The number of benzene rings is 1. The molecule has 24 heavy (non-hydrogen) atoms. The summed E-state index contributed by atoms with van der Waals surface area (Å²) < 4.78 is 25.9. The smallest absolute Gasteiger partial charge is 0.225 e. The summed E-state index contributed by atoms with van der Waals surface area (Å²) in [6, 6.07) is 8.91. The first-order chi connectivity index (χ1) is 11.5. The van der Waals surface area contributed by atoms with Crippen LogP contribution in [0.1, 0.15) is 32.0 Å². The number of anilines is 1. The zero-order valence-electron chi connectivity index (χ0n) is 13.6. The molecule has 0 spiro atoms. The van der Waals surface area contributed by atoms with Gasteiger partial charge in [0, 0.05) is 18.7 Å². The van der Waals surface area contributed by atoms with Crippen LogP contribution >= 0.6 is 0 Å². The van der Waals surface area contributed by atoms with Crippen molar-refractivity contribution in [3.63, 3.8) is 0 Å². The van der Waals surface area contributed by atoms with E-state index >= 15 is 0 Å². The number of carbonyl (C=O) groups excluding carboxylic acids is 1. The van der Waals surface area contributed by atoms with Crippen LogP contribution in [0.25, 0.3) is 0 Å². The zero-order chi connectivity index (χ0) is 17.4. The number of amides is 1. The normalized spacial score (nSPS) is 11.4. The Morgan fingerprint density at radius 2 is 2.00 bits per heavy atom. The number of hydrogen-bond donors (Lipinski definition) is 1. The predicted molar refractivity (Wildman–Crippen MR) is 89.9 cm³/mol. The lowest BCUT2D eigenvalue weighted by Gasteiger charge is -2.07. The number of para-hydroxylation sites is 1. The molecule has 0 aliphatic rings. The van der Waals surface area contributed by atoms with Crippen LogP contribution in [-0.4, -0.2) is 40.3 Å². The summed E-state index contributed by atoms with van der Waals surface area (Å²) in [6.07, 6.45) is 1.73. The molecule has 9 heteroatoms. The number of carbonyl (C=O) groups is 1. The van der Waals surface area contributed by atoms with Crippen molar-refractivity contribution in [3.05, 3.63) is 36.2 Å². The van der Waals surface area contributed by atoms with Crippen molar-refractivity contribution >= 4 is 21.4 Å². The number of aromatic nitrogens is 4. The zero-order valence-corrected chi connectivity index (χ0v) is 14.4. The number of nitrogens with one attached hydrogen (secondary N) is 1. The molecule has 0 saturated heterocycles. The standard InChI is InChI=1S/C15H21N5O3S/c1-2-3-10-20-14(17-18-19-20)12-24(22,23)11-9-15(21)16-13-7-5-4-6-8-13/h4-8H,2-3,9-12H2,1H3,(H,16,21). The molecule has 0 bridgehead atoms. The van der Waals surface area contributed by atoms with Crippen LogP contribution in [0.15, 0.2) is 30.3 Å². The van der Waals surface area contributed by atoms with Gasteiger partial charge in [0.25, 0.3) is 0 Å². The summed E-state index contributed by atoms with van der Waals surface area (Å²) in [5.41, 5.74) is 0.642. The Morgan fingerprint density at radius 3 is 2.71 bits per heavy atom. The van der Waals surface area contributed by atoms with Gasteiger partial charge in [-0.1, -0.05) is 31.5 Å². The minimum absolute atomic E-state index is 0.103. The van der Waals surface area contributed by atoms with Crippen molar-refractivity contribution in [1.82, 2.24) is 20.2 Å². The Kier molecular flexibility index (Phi) is 6.42. The van der Waals surface area contributed by atoms with Gasteiger partial charge in [0.05, 0.1) is 5.75 Å². The number of tetrazole rings is 1. The van der Waals surface area contributed by atoms with Crippen molar-refractivity contribution in [2.75, 3.05) is 11.1 Å². The van der Waals surface area contributed by atoms with E-state index in [9.17, 15) is 13.2 Å². The first-order valence-corrected chi connectivity index (χ1v) is 9.62. The number of nitrogens with zero attached hydrogens (tertiary/aromatic N) is 4. The molecule has 2 aromatic rings. The van der Waals surface area contributed by atoms with Crippen LogP contribution in [0.3, 0.4) is 0 Å². The SMILES string of the molecule is CCCCn1nnnc1CS(=O)(=O)CCC(=O)Nc1ccccc1. The van der Waals surface area contributed by atoms with Gasteiger partial charge in [0.15, 0.2) is 15.7 Å². The van der Waals surface area contributed by atoms with Crippen molar-refractivity contribution < 1.29 is 13.2 Å². The van der Waals surface area contributed by atoms with Crippen LogP contribution in [-0.2, 0) is 26.9 Å². The highest BCUT2D eigenvalue weighted by Gasteiger charge is 2.19. The van der Waals surface area contributed by atoms with Crippen LogP contribution < -0.4 is 5.32 Å². The van der Waals surface area contributed by atoms with Gasteiger partial charge in [-0.15, -0.1) is 5.10 Å². The highest BCUT2D eigenvalue weighted by Crippen LogP contribution is 2.08. The molecule has 0 saturated carbocycles. The Bertz CT molecular complexity index is 758. The molecule has 8 nitrogen and oxygen atoms in total. The summed E-state index contributed by atoms with van der Waals surface area (Å²) in [5, 5.41) is 13.8. The van der Waals surface area contributed by atoms with Gasteiger partial charge in [-0.3, -0.25) is 4.79 Å². The van der Waals surface area contributed by atoms with Gasteiger partial charge in [0.1, 0.15) is 5.75 Å². The largest absolute Gasteiger partial charge is 0.326 e. The fourth-order valence-electron chi connectivity index (χ4n) is 2.07. The average Bonchev–Trinajstić information content (AvgIpc) is 2.98. The van der Waals surface area contributed by atoms with Crippen LogP contribution in [0.4, 0.5) is 5.69 Å². The molecular formula is C15H21N5O3S. The lowest BCUT2D eigenvalue weighted by molar-refractivity contribution is -0.115. The Balaban J connectivity index is 1.87. The maximum atomic E-state index is 12.2. The third-order valence-electron chi connectivity index (χ3n) is 3.38. The molecule has 0 unspecified atom stereocenters. The van der Waals surface area contributed by atoms with Crippen molar-refractivity contribution in [2.24, 2.45) is 0 Å². The van der Waals surface area contributed by atoms with Gasteiger partial charge in [0.2, 0.25) is 5.91 Å². The second-order valence-corrected chi connectivity index (χ2v) is 7.61. The third-order valence-corrected chi connectivity index (χ3v) is 4.90. The van der Waals surface area contributed by atoms with E-state index in [1.165, 1.54) is 4.68 Å². The molecule has 0 aliphatic heterocycles. The number of sulfone groups is 1. The fourth-order valence-corrected chi connectivity index (χ4v) is 3.31. The Morgan fingerprint density at radius 1 is 1.25 bits per heavy atom. The summed E-state index contributed by atoms with van der Waals surface area (Å²) in [5.74, 6) is -0.531. The van der Waals surface area contributed by atoms with E-state index in [0.717, 1.165) is 12.8 Å². The molecule has 1 heterocycles. The highest BCUT2D eigenvalue weighted by molar-refractivity contribution is 7.90. The molecule has 1 aromatic carbocycles. The van der Waals surface area contributed by atoms with E-state index in [1.807, 2.05) is 13.0 Å². The molecular weight excluding hydrogens is 330 g/mol. The van der Waals surface area contributed by atoms with Gasteiger partial charge < -0.3 is 5.32 Å². The van der Waals surface area contributed by atoms with E-state index in [4.69, 9.17) is 0 Å². The Hall–Kier alpha value is -2.29. The molecule has 0 aliphatic carbocycles. The van der Waals surface area contributed by atoms with E-state index in [0.29, 0.717) is 18.1 Å². The molecule has 1 N–H and O–H groups in total. The number of aryl methyl sites for hydroxylation is 1. The van der Waals surface area contributed by atoms with E-state index < -0.39 is 9.84 Å². The summed E-state index contributed by atoms with van der Waals surface area (Å²) in [4.78, 5) is 11.8. The summed E-state index contributed by atoms with van der Waals surface area (Å²) in [7, 11) is -3.46. The van der Waals surface area contributed by atoms with E-state index in [2.05, 4.69) is 20.8 Å². The molecule has 1 aromatic heterocycles. The highest BCUT2D eigenvalue weighted by atomic mass is 32.2. The maximum absolute atomic E-state index is 12.2. The van der Waals surface area contributed by atoms with Gasteiger partial charge in [-0.25, -0.2) is 13.1 Å². The van der Waals surface area contributed by atoms with Crippen molar-refractivity contribution in [1.29, 1.82) is 0 Å². The summed E-state index contributed by atoms with van der Waals surface area (Å²) >= 11 is 0. The average molecular weight is 351 g/mol. The predicted octanol–water partition coefficient (Wildman–Crippen LogP) is 1.42. The molecule has 1 amide bonds. The van der Waals surface area contributed by atoms with Crippen LogP contribution in [0, 0.1) is 0 Å². The minimum atomic E-state index is -3.46. The van der Waals surface area contributed by atoms with Crippen molar-refractivity contribution in [2.45, 2.75) is 38.5 Å². The molecule has 0 fully saturated rings. The molecule has 0 radical (unpaired) electrons. The molecule has 0 atom stereocenters. The lowest BCUT2D eigenvalue weighted by Crippen LogP contribution is -2.20. The fraction of sp³-hybridized carbons (Fsp3) is 0.467. The van der Waals surface area contributed by atoms with Gasteiger partial charge in [-0.05, 0) is 29.0 Å². The summed E-state index contributed by atoms with van der Waals surface area (Å²) in [6.45, 7) is 2.62. The van der Waals surface area contributed by atoms with Crippen LogP contribution in [0.2, 0.25) is 0 Å². The third kappa shape index (κ3) is 5.73. The van der Waals surface area contributed by atoms with Gasteiger partial charge >= 0.3 is 0 Å². The first kappa shape index (κ1) is 18.1. The topological polar surface area (TPSA) is 107 Å². The van der Waals surface area contributed by atoms with Gasteiger partial charge in [-0.2, -0.15) is 0 Å². The Labute approximate surface area is 141 Å². The molecule has 130 valence electrons. The van der Waals surface area contributed by atoms with E-state index in [-0.39, 0.29) is 23.8 Å². The first-order valence-electron chi connectivity index (χ1n) is 7.80. The minimum Gasteiger partial charge on any atom is -0.326 e.